The van der Waals surface area contributed by atoms with Crippen molar-refractivity contribution in [1.82, 2.24) is 10.2 Å². The van der Waals surface area contributed by atoms with Gasteiger partial charge in [0.05, 0.1) is 6.04 Å². The van der Waals surface area contributed by atoms with Gasteiger partial charge in [-0.2, -0.15) is 0 Å². The molecule has 1 aliphatic rings. The number of hydrogen-bond acceptors (Lipinski definition) is 2. The summed E-state index contributed by atoms with van der Waals surface area (Å²) in [5.41, 5.74) is 0. The zero-order valence-corrected chi connectivity index (χ0v) is 13.4. The third-order valence-corrected chi connectivity index (χ3v) is 4.68. The van der Waals surface area contributed by atoms with Crippen molar-refractivity contribution in [3.8, 4) is 12.3 Å². The van der Waals surface area contributed by atoms with Crippen LogP contribution in [0.1, 0.15) is 53.9 Å². The van der Waals surface area contributed by atoms with Crippen LogP contribution >= 0.6 is 0 Å². The minimum Gasteiger partial charge on any atom is -0.311 e. The maximum atomic E-state index is 5.79. The van der Waals surface area contributed by atoms with Gasteiger partial charge in [0.2, 0.25) is 0 Å². The molecule has 0 aromatic rings. The first-order valence-electron chi connectivity index (χ1n) is 8.00. The van der Waals surface area contributed by atoms with E-state index in [1.165, 1.54) is 6.42 Å². The molecular weight excluding hydrogens is 232 g/mol. The van der Waals surface area contributed by atoms with Crippen LogP contribution in [0, 0.1) is 24.2 Å². The van der Waals surface area contributed by atoms with Crippen LogP contribution in [-0.2, 0) is 0 Å². The summed E-state index contributed by atoms with van der Waals surface area (Å²) >= 11 is 0. The molecule has 1 rings (SSSR count). The van der Waals surface area contributed by atoms with Gasteiger partial charge in [-0.15, -0.1) is 6.42 Å². The van der Waals surface area contributed by atoms with Gasteiger partial charge in [-0.05, 0) is 18.3 Å². The number of terminal acetylenes is 1. The Balaban J connectivity index is 2.81. The Kier molecular flexibility index (Phi) is 6.89. The van der Waals surface area contributed by atoms with E-state index in [1.807, 2.05) is 0 Å². The minimum atomic E-state index is 0.311. The normalized spacial score (nSPS) is 28.1. The van der Waals surface area contributed by atoms with E-state index in [9.17, 15) is 0 Å². The molecule has 4 atom stereocenters. The molecule has 1 aliphatic heterocycles. The summed E-state index contributed by atoms with van der Waals surface area (Å²) in [4.78, 5) is 2.60. The van der Waals surface area contributed by atoms with E-state index in [0.29, 0.717) is 24.0 Å². The van der Waals surface area contributed by atoms with Crippen LogP contribution in [0.3, 0.4) is 0 Å². The molecule has 0 spiro atoms. The fraction of sp³-hybridized carbons (Fsp3) is 0.882. The molecule has 19 heavy (non-hydrogen) atoms. The van der Waals surface area contributed by atoms with Crippen LogP contribution in [0.4, 0.5) is 0 Å². The predicted molar refractivity (Wildman–Crippen MR) is 84.1 cm³/mol. The van der Waals surface area contributed by atoms with Crippen LogP contribution in [0.25, 0.3) is 0 Å². The topological polar surface area (TPSA) is 15.3 Å². The lowest BCUT2D eigenvalue weighted by atomic mass is 9.90. The van der Waals surface area contributed by atoms with Gasteiger partial charge in [0.25, 0.3) is 0 Å². The number of piperazine rings is 1. The second-order valence-corrected chi connectivity index (χ2v) is 6.38. The van der Waals surface area contributed by atoms with Gasteiger partial charge >= 0.3 is 0 Å². The smallest absolute Gasteiger partial charge is 0.0715 e. The molecule has 0 saturated carbocycles. The fourth-order valence-corrected chi connectivity index (χ4v) is 3.08. The average molecular weight is 264 g/mol. The Morgan fingerprint density at radius 1 is 1.32 bits per heavy atom. The van der Waals surface area contributed by atoms with E-state index in [2.05, 4.69) is 50.8 Å². The molecule has 1 heterocycles. The van der Waals surface area contributed by atoms with Crippen molar-refractivity contribution < 1.29 is 0 Å². The Morgan fingerprint density at radius 3 is 2.47 bits per heavy atom. The first kappa shape index (κ1) is 16.5. The Labute approximate surface area is 120 Å². The van der Waals surface area contributed by atoms with Crippen LogP contribution in [0.2, 0.25) is 0 Å². The Hall–Kier alpha value is -0.520. The molecule has 0 aliphatic carbocycles. The zero-order valence-electron chi connectivity index (χ0n) is 13.4. The highest BCUT2D eigenvalue weighted by Crippen LogP contribution is 2.23. The zero-order chi connectivity index (χ0) is 14.4. The van der Waals surface area contributed by atoms with Crippen molar-refractivity contribution in [1.29, 1.82) is 0 Å². The number of hydrogen-bond donors (Lipinski definition) is 1. The number of rotatable bonds is 6. The second kappa shape index (κ2) is 7.92. The molecule has 2 nitrogen and oxygen atoms in total. The molecule has 0 bridgehead atoms. The lowest BCUT2D eigenvalue weighted by Crippen LogP contribution is -2.62. The van der Waals surface area contributed by atoms with Gasteiger partial charge in [-0.3, -0.25) is 4.90 Å². The molecule has 0 aromatic carbocycles. The molecule has 2 heteroatoms. The van der Waals surface area contributed by atoms with E-state index in [4.69, 9.17) is 6.42 Å². The van der Waals surface area contributed by atoms with Crippen LogP contribution in [0.15, 0.2) is 0 Å². The highest BCUT2D eigenvalue weighted by atomic mass is 15.3. The summed E-state index contributed by atoms with van der Waals surface area (Å²) in [6.07, 6.45) is 9.30. The van der Waals surface area contributed by atoms with Gasteiger partial charge in [0.1, 0.15) is 0 Å². The lowest BCUT2D eigenvalue weighted by molar-refractivity contribution is 0.0591. The number of nitrogens with one attached hydrogen (secondary N) is 1. The third-order valence-electron chi connectivity index (χ3n) is 4.68. The molecule has 1 fully saturated rings. The minimum absolute atomic E-state index is 0.311. The molecule has 0 aromatic heterocycles. The van der Waals surface area contributed by atoms with E-state index < -0.39 is 0 Å². The highest BCUT2D eigenvalue weighted by Gasteiger charge is 2.34. The van der Waals surface area contributed by atoms with E-state index in [0.717, 1.165) is 31.8 Å². The van der Waals surface area contributed by atoms with Crippen molar-refractivity contribution in [3.63, 3.8) is 0 Å². The summed E-state index contributed by atoms with van der Waals surface area (Å²) in [5, 5.41) is 3.74. The van der Waals surface area contributed by atoms with Crippen molar-refractivity contribution in [2.75, 3.05) is 13.1 Å². The maximum absolute atomic E-state index is 5.79. The monoisotopic (exact) mass is 264 g/mol. The molecule has 110 valence electrons. The quantitative estimate of drug-likeness (QED) is 0.742. The van der Waals surface area contributed by atoms with Crippen molar-refractivity contribution in [2.45, 2.75) is 72.0 Å². The third kappa shape index (κ3) is 4.23. The molecule has 0 amide bonds. The number of nitrogens with zero attached hydrogens (tertiary/aromatic N) is 1. The summed E-state index contributed by atoms with van der Waals surface area (Å²) in [6, 6.07) is 1.48. The Morgan fingerprint density at radius 2 is 2.00 bits per heavy atom. The van der Waals surface area contributed by atoms with Crippen LogP contribution in [-0.4, -0.2) is 36.1 Å². The maximum Gasteiger partial charge on any atom is 0.0715 e. The van der Waals surface area contributed by atoms with Gasteiger partial charge in [0.15, 0.2) is 0 Å². The van der Waals surface area contributed by atoms with Crippen molar-refractivity contribution >= 4 is 0 Å². The lowest BCUT2D eigenvalue weighted by Gasteiger charge is -2.46. The largest absolute Gasteiger partial charge is 0.311 e. The predicted octanol–water partition coefficient (Wildman–Crippen LogP) is 3.13. The van der Waals surface area contributed by atoms with Crippen molar-refractivity contribution in [2.24, 2.45) is 11.8 Å². The van der Waals surface area contributed by atoms with Gasteiger partial charge in [-0.1, -0.05) is 53.4 Å². The molecule has 0 radical (unpaired) electrons. The Bertz CT molecular complexity index is 292. The summed E-state index contributed by atoms with van der Waals surface area (Å²) in [5.74, 6) is 4.40. The summed E-state index contributed by atoms with van der Waals surface area (Å²) in [7, 11) is 0. The fourth-order valence-electron chi connectivity index (χ4n) is 3.08. The van der Waals surface area contributed by atoms with Gasteiger partial charge in [0, 0.05) is 25.2 Å². The highest BCUT2D eigenvalue weighted by molar-refractivity contribution is 5.04. The van der Waals surface area contributed by atoms with E-state index in [-0.39, 0.29) is 0 Å². The molecular formula is C17H32N2. The molecule has 1 N–H and O–H groups in total. The van der Waals surface area contributed by atoms with Crippen LogP contribution in [0.5, 0.6) is 0 Å². The van der Waals surface area contributed by atoms with E-state index in [1.54, 1.807) is 0 Å². The van der Waals surface area contributed by atoms with Crippen molar-refractivity contribution in [3.05, 3.63) is 0 Å². The average Bonchev–Trinajstić information content (AvgIpc) is 2.43. The van der Waals surface area contributed by atoms with Gasteiger partial charge in [-0.25, -0.2) is 0 Å². The first-order chi connectivity index (χ1) is 9.04. The van der Waals surface area contributed by atoms with Crippen LogP contribution < -0.4 is 5.32 Å². The summed E-state index contributed by atoms with van der Waals surface area (Å²) < 4.78 is 0. The standard InChI is InChI=1S/C17H32N2/c1-7-10-15(9-3)19-12-16(14(6)8-2)18-11-17(19)13(4)5/h3,13-18H,7-8,10-12H2,1-2,4-6H3. The SMILES string of the molecule is C#CC(CCC)N1CC(C(C)CC)NCC1C(C)C. The summed E-state index contributed by atoms with van der Waals surface area (Å²) in [6.45, 7) is 13.6. The second-order valence-electron chi connectivity index (χ2n) is 6.38. The van der Waals surface area contributed by atoms with E-state index >= 15 is 0 Å². The molecule has 4 unspecified atom stereocenters. The molecule has 1 saturated heterocycles. The van der Waals surface area contributed by atoms with Gasteiger partial charge < -0.3 is 5.32 Å². The first-order valence-corrected chi connectivity index (χ1v) is 8.00.